The van der Waals surface area contributed by atoms with Crippen LogP contribution in [0.4, 0.5) is 11.4 Å². The van der Waals surface area contributed by atoms with Gasteiger partial charge in [0.2, 0.25) is 5.91 Å². The van der Waals surface area contributed by atoms with Gasteiger partial charge in [0.05, 0.1) is 17.9 Å². The van der Waals surface area contributed by atoms with Gasteiger partial charge in [-0.15, -0.1) is 0 Å². The Labute approximate surface area is 131 Å². The average molecular weight is 310 g/mol. The van der Waals surface area contributed by atoms with E-state index in [0.717, 1.165) is 0 Å². The highest BCUT2D eigenvalue weighted by Gasteiger charge is 2.26. The quantitative estimate of drug-likeness (QED) is 0.838. The van der Waals surface area contributed by atoms with Crippen molar-refractivity contribution in [2.24, 2.45) is 5.92 Å². The van der Waals surface area contributed by atoms with Crippen molar-refractivity contribution in [3.8, 4) is 0 Å². The van der Waals surface area contributed by atoms with E-state index in [-0.39, 0.29) is 5.91 Å². The largest absolute Gasteiger partial charge is 0.397 e. The average Bonchev–Trinajstić information content (AvgIpc) is 2.43. The Bertz CT molecular complexity index is 506. The SMILES string of the molecule is CC1CCCCC1N(C)CC(=O)Nc1cc(Cl)ccc1N. The molecule has 21 heavy (non-hydrogen) atoms. The first-order valence-corrected chi connectivity index (χ1v) is 7.90. The van der Waals surface area contributed by atoms with Crippen molar-refractivity contribution in [2.45, 2.75) is 38.6 Å². The molecule has 1 amide bonds. The predicted octanol–water partition coefficient (Wildman–Crippen LogP) is 3.37. The van der Waals surface area contributed by atoms with Gasteiger partial charge in [0, 0.05) is 11.1 Å². The maximum atomic E-state index is 12.2. The molecule has 4 nitrogen and oxygen atoms in total. The topological polar surface area (TPSA) is 58.4 Å². The highest BCUT2D eigenvalue weighted by Crippen LogP contribution is 2.27. The number of nitrogens with two attached hydrogens (primary N) is 1. The van der Waals surface area contributed by atoms with Gasteiger partial charge in [0.1, 0.15) is 0 Å². The molecule has 2 atom stereocenters. The molecule has 0 saturated heterocycles. The number of anilines is 2. The number of likely N-dealkylation sites (N-methyl/N-ethyl adjacent to an activating group) is 1. The van der Waals surface area contributed by atoms with E-state index < -0.39 is 0 Å². The minimum atomic E-state index is -0.0516. The number of carbonyl (C=O) groups excluding carboxylic acids is 1. The Morgan fingerprint density at radius 3 is 2.86 bits per heavy atom. The van der Waals surface area contributed by atoms with Crippen molar-refractivity contribution in [3.05, 3.63) is 23.2 Å². The molecule has 0 heterocycles. The van der Waals surface area contributed by atoms with Gasteiger partial charge in [-0.3, -0.25) is 9.69 Å². The normalized spacial score (nSPS) is 22.3. The highest BCUT2D eigenvalue weighted by molar-refractivity contribution is 6.31. The van der Waals surface area contributed by atoms with Crippen LogP contribution in [-0.4, -0.2) is 30.4 Å². The predicted molar refractivity (Wildman–Crippen MR) is 88.5 cm³/mol. The highest BCUT2D eigenvalue weighted by atomic mass is 35.5. The molecule has 1 fully saturated rings. The summed E-state index contributed by atoms with van der Waals surface area (Å²) in [5.41, 5.74) is 6.96. The Morgan fingerprint density at radius 2 is 2.14 bits per heavy atom. The van der Waals surface area contributed by atoms with Gasteiger partial charge in [0.25, 0.3) is 0 Å². The third kappa shape index (κ3) is 4.35. The van der Waals surface area contributed by atoms with Gasteiger partial charge < -0.3 is 11.1 Å². The van der Waals surface area contributed by atoms with Crippen LogP contribution < -0.4 is 11.1 Å². The van der Waals surface area contributed by atoms with E-state index in [1.54, 1.807) is 18.2 Å². The minimum absolute atomic E-state index is 0.0516. The second kappa shape index (κ2) is 7.14. The molecule has 0 bridgehead atoms. The van der Waals surface area contributed by atoms with Gasteiger partial charge >= 0.3 is 0 Å². The number of nitrogen functional groups attached to an aromatic ring is 1. The summed E-state index contributed by atoms with van der Waals surface area (Å²) in [7, 11) is 2.02. The van der Waals surface area contributed by atoms with Gasteiger partial charge in [-0.1, -0.05) is 31.4 Å². The molecule has 1 aliphatic rings. The van der Waals surface area contributed by atoms with Crippen molar-refractivity contribution in [3.63, 3.8) is 0 Å². The first kappa shape index (κ1) is 16.1. The molecule has 0 aromatic heterocycles. The van der Waals surface area contributed by atoms with E-state index in [1.807, 2.05) is 7.05 Å². The third-order valence-electron chi connectivity index (χ3n) is 4.31. The lowest BCUT2D eigenvalue weighted by Gasteiger charge is -2.35. The molecule has 1 aromatic carbocycles. The fraction of sp³-hybridized carbons (Fsp3) is 0.562. The number of carbonyl (C=O) groups is 1. The van der Waals surface area contributed by atoms with E-state index in [2.05, 4.69) is 17.1 Å². The summed E-state index contributed by atoms with van der Waals surface area (Å²) in [5.74, 6) is 0.594. The third-order valence-corrected chi connectivity index (χ3v) is 4.55. The maximum absolute atomic E-state index is 12.2. The van der Waals surface area contributed by atoms with Crippen LogP contribution in [0, 0.1) is 5.92 Å². The Morgan fingerprint density at radius 1 is 1.43 bits per heavy atom. The number of halogens is 1. The Balaban J connectivity index is 1.93. The van der Waals surface area contributed by atoms with Crippen molar-refractivity contribution < 1.29 is 4.79 Å². The van der Waals surface area contributed by atoms with Crippen LogP contribution in [-0.2, 0) is 4.79 Å². The Hall–Kier alpha value is -1.26. The summed E-state index contributed by atoms with van der Waals surface area (Å²) in [6, 6.07) is 5.58. The van der Waals surface area contributed by atoms with Gasteiger partial charge in [-0.2, -0.15) is 0 Å². The van der Waals surface area contributed by atoms with Crippen LogP contribution in [0.1, 0.15) is 32.6 Å². The number of hydrogen-bond acceptors (Lipinski definition) is 3. The summed E-state index contributed by atoms with van der Waals surface area (Å²) in [4.78, 5) is 14.3. The van der Waals surface area contributed by atoms with Crippen molar-refractivity contribution in [1.82, 2.24) is 4.90 Å². The zero-order chi connectivity index (χ0) is 15.4. The number of amides is 1. The molecule has 0 spiro atoms. The molecule has 2 unspecified atom stereocenters. The lowest BCUT2D eigenvalue weighted by atomic mass is 9.85. The fourth-order valence-electron chi connectivity index (χ4n) is 3.12. The summed E-state index contributed by atoms with van der Waals surface area (Å²) in [6.45, 7) is 2.65. The number of rotatable bonds is 4. The maximum Gasteiger partial charge on any atom is 0.238 e. The molecular formula is C16H24ClN3O. The van der Waals surface area contributed by atoms with Crippen LogP contribution in [0.15, 0.2) is 18.2 Å². The first-order chi connectivity index (χ1) is 9.97. The molecule has 0 aliphatic heterocycles. The second-order valence-corrected chi connectivity index (χ2v) is 6.46. The zero-order valence-corrected chi connectivity index (χ0v) is 13.5. The molecule has 3 N–H and O–H groups in total. The van der Waals surface area contributed by atoms with Gasteiger partial charge in [0.15, 0.2) is 0 Å². The standard InChI is InChI=1S/C16H24ClN3O/c1-11-5-3-4-6-15(11)20(2)10-16(21)19-14-9-12(17)7-8-13(14)18/h7-9,11,15H,3-6,10,18H2,1-2H3,(H,19,21). The molecule has 1 aliphatic carbocycles. The molecule has 0 radical (unpaired) electrons. The van der Waals surface area contributed by atoms with Crippen molar-refractivity contribution in [2.75, 3.05) is 24.6 Å². The molecule has 1 saturated carbocycles. The smallest absolute Gasteiger partial charge is 0.238 e. The van der Waals surface area contributed by atoms with E-state index in [9.17, 15) is 4.79 Å². The van der Waals surface area contributed by atoms with E-state index in [4.69, 9.17) is 17.3 Å². The Kier molecular flexibility index (Phi) is 5.48. The number of benzene rings is 1. The van der Waals surface area contributed by atoms with Crippen LogP contribution in [0.3, 0.4) is 0 Å². The van der Waals surface area contributed by atoms with Crippen LogP contribution in [0.2, 0.25) is 5.02 Å². The first-order valence-electron chi connectivity index (χ1n) is 7.52. The van der Waals surface area contributed by atoms with Crippen LogP contribution >= 0.6 is 11.6 Å². The lowest BCUT2D eigenvalue weighted by molar-refractivity contribution is -0.117. The van der Waals surface area contributed by atoms with Crippen molar-refractivity contribution >= 4 is 28.9 Å². The monoisotopic (exact) mass is 309 g/mol. The zero-order valence-electron chi connectivity index (χ0n) is 12.7. The minimum Gasteiger partial charge on any atom is -0.397 e. The van der Waals surface area contributed by atoms with Crippen molar-refractivity contribution in [1.29, 1.82) is 0 Å². The summed E-state index contributed by atoms with van der Waals surface area (Å²) < 4.78 is 0. The molecule has 116 valence electrons. The number of nitrogens with zero attached hydrogens (tertiary/aromatic N) is 1. The number of nitrogens with one attached hydrogen (secondary N) is 1. The molecule has 2 rings (SSSR count). The summed E-state index contributed by atoms with van der Waals surface area (Å²) in [5, 5.41) is 3.41. The number of hydrogen-bond donors (Lipinski definition) is 2. The van der Waals surface area contributed by atoms with Crippen LogP contribution in [0.5, 0.6) is 0 Å². The van der Waals surface area contributed by atoms with Gasteiger partial charge in [-0.05, 0) is 44.0 Å². The van der Waals surface area contributed by atoms with Gasteiger partial charge in [-0.25, -0.2) is 0 Å². The second-order valence-electron chi connectivity index (χ2n) is 6.02. The molecular weight excluding hydrogens is 286 g/mol. The lowest BCUT2D eigenvalue weighted by Crippen LogP contribution is -2.42. The molecule has 1 aromatic rings. The fourth-order valence-corrected chi connectivity index (χ4v) is 3.29. The molecule has 5 heteroatoms. The van der Waals surface area contributed by atoms with E-state index in [0.29, 0.717) is 34.9 Å². The summed E-state index contributed by atoms with van der Waals surface area (Å²) in [6.07, 6.45) is 4.97. The van der Waals surface area contributed by atoms with E-state index >= 15 is 0 Å². The summed E-state index contributed by atoms with van der Waals surface area (Å²) >= 11 is 5.93. The van der Waals surface area contributed by atoms with Crippen LogP contribution in [0.25, 0.3) is 0 Å². The van der Waals surface area contributed by atoms with E-state index in [1.165, 1.54) is 25.7 Å².